The van der Waals surface area contributed by atoms with Gasteiger partial charge in [0.15, 0.2) is 12.4 Å². The fourth-order valence-corrected chi connectivity index (χ4v) is 2.08. The molecule has 0 N–H and O–H groups in total. The Hall–Kier alpha value is -1.05. The molecule has 1 rings (SSSR count). The monoisotopic (exact) mass is 221 g/mol. The van der Waals surface area contributed by atoms with E-state index >= 15 is 0 Å². The minimum atomic E-state index is 0.640. The molecular formula is C14H23NO. The summed E-state index contributed by atoms with van der Waals surface area (Å²) in [5.41, 5.74) is 1.33. The topological polar surface area (TPSA) is 26.9 Å². The van der Waals surface area contributed by atoms with Crippen molar-refractivity contribution in [2.75, 3.05) is 0 Å². The lowest BCUT2D eigenvalue weighted by atomic mass is 9.90. The lowest BCUT2D eigenvalue weighted by Crippen LogP contribution is -2.24. The molecule has 0 aliphatic rings. The maximum Gasteiger partial charge on any atom is 0.180 e. The molecule has 0 fully saturated rings. The van der Waals surface area contributed by atoms with Crippen molar-refractivity contribution in [2.24, 2.45) is 0 Å². The van der Waals surface area contributed by atoms with Gasteiger partial charge < -0.3 is 5.21 Å². The lowest BCUT2D eigenvalue weighted by molar-refractivity contribution is -0.605. The van der Waals surface area contributed by atoms with Gasteiger partial charge in [-0.2, -0.15) is 4.73 Å². The van der Waals surface area contributed by atoms with Gasteiger partial charge in [0.25, 0.3) is 0 Å². The number of hydrogen-bond acceptors (Lipinski definition) is 1. The zero-order chi connectivity index (χ0) is 11.8. The second kappa shape index (κ2) is 7.26. The van der Waals surface area contributed by atoms with Crippen LogP contribution in [0.2, 0.25) is 0 Å². The lowest BCUT2D eigenvalue weighted by Gasteiger charge is -2.16. The third-order valence-corrected chi connectivity index (χ3v) is 3.11. The highest BCUT2D eigenvalue weighted by atomic mass is 16.5. The number of hydrogen-bond donors (Lipinski definition) is 0. The second-order valence-corrected chi connectivity index (χ2v) is 4.47. The molecule has 0 aromatic carbocycles. The van der Waals surface area contributed by atoms with Crippen molar-refractivity contribution in [1.82, 2.24) is 0 Å². The molecule has 0 aliphatic heterocycles. The highest BCUT2D eigenvalue weighted by molar-refractivity contribution is 5.13. The molecule has 1 aromatic rings. The Morgan fingerprint density at radius 1 is 1.06 bits per heavy atom. The maximum atomic E-state index is 11.0. The van der Waals surface area contributed by atoms with E-state index in [0.29, 0.717) is 5.92 Å². The van der Waals surface area contributed by atoms with Gasteiger partial charge in [-0.15, -0.1) is 0 Å². The maximum absolute atomic E-state index is 11.0. The van der Waals surface area contributed by atoms with Crippen LogP contribution in [-0.4, -0.2) is 0 Å². The highest BCUT2D eigenvalue weighted by Crippen LogP contribution is 2.26. The molecule has 0 unspecified atom stereocenters. The number of rotatable bonds is 7. The van der Waals surface area contributed by atoms with Crippen molar-refractivity contribution in [3.63, 3.8) is 0 Å². The Morgan fingerprint density at radius 3 is 2.00 bits per heavy atom. The van der Waals surface area contributed by atoms with Crippen LogP contribution < -0.4 is 4.73 Å². The second-order valence-electron chi connectivity index (χ2n) is 4.47. The first-order valence-electron chi connectivity index (χ1n) is 6.46. The van der Waals surface area contributed by atoms with Crippen LogP contribution in [0.4, 0.5) is 0 Å². The van der Waals surface area contributed by atoms with Gasteiger partial charge in [-0.1, -0.05) is 39.5 Å². The van der Waals surface area contributed by atoms with E-state index in [1.807, 2.05) is 12.1 Å². The fourth-order valence-electron chi connectivity index (χ4n) is 2.08. The van der Waals surface area contributed by atoms with Gasteiger partial charge in [0, 0.05) is 12.1 Å². The van der Waals surface area contributed by atoms with E-state index in [-0.39, 0.29) is 0 Å². The molecular weight excluding hydrogens is 198 g/mol. The Morgan fingerprint density at radius 2 is 1.56 bits per heavy atom. The molecule has 1 heterocycles. The summed E-state index contributed by atoms with van der Waals surface area (Å²) < 4.78 is 0.861. The molecule has 0 bridgehead atoms. The molecule has 1 aromatic heterocycles. The highest BCUT2D eigenvalue weighted by Gasteiger charge is 2.11. The summed E-state index contributed by atoms with van der Waals surface area (Å²) in [7, 11) is 0. The van der Waals surface area contributed by atoms with Gasteiger partial charge in [0.2, 0.25) is 0 Å². The summed E-state index contributed by atoms with van der Waals surface area (Å²) in [6.07, 6.45) is 10.8. The van der Waals surface area contributed by atoms with E-state index in [1.54, 1.807) is 12.4 Å². The molecule has 0 amide bonds. The van der Waals surface area contributed by atoms with Gasteiger partial charge in [0.1, 0.15) is 0 Å². The van der Waals surface area contributed by atoms with Crippen molar-refractivity contribution < 1.29 is 4.73 Å². The molecule has 0 saturated carbocycles. The molecule has 16 heavy (non-hydrogen) atoms. The molecule has 0 atom stereocenters. The predicted octanol–water partition coefficient (Wildman–Crippen LogP) is 3.78. The van der Waals surface area contributed by atoms with Crippen LogP contribution >= 0.6 is 0 Å². The first-order valence-corrected chi connectivity index (χ1v) is 6.46. The summed E-state index contributed by atoms with van der Waals surface area (Å²) >= 11 is 0. The smallest absolute Gasteiger partial charge is 0.180 e. The zero-order valence-electron chi connectivity index (χ0n) is 10.5. The molecule has 2 nitrogen and oxygen atoms in total. The van der Waals surface area contributed by atoms with Crippen LogP contribution in [0.3, 0.4) is 0 Å². The van der Waals surface area contributed by atoms with Crippen LogP contribution in [0.15, 0.2) is 24.5 Å². The van der Waals surface area contributed by atoms with Gasteiger partial charge in [-0.05, 0) is 24.3 Å². The van der Waals surface area contributed by atoms with E-state index in [9.17, 15) is 5.21 Å². The summed E-state index contributed by atoms with van der Waals surface area (Å²) in [6, 6.07) is 3.95. The van der Waals surface area contributed by atoms with Crippen molar-refractivity contribution in [2.45, 2.75) is 58.3 Å². The Kier molecular flexibility index (Phi) is 5.91. The minimum Gasteiger partial charge on any atom is -0.619 e. The van der Waals surface area contributed by atoms with Gasteiger partial charge in [0.05, 0.1) is 0 Å². The van der Waals surface area contributed by atoms with Crippen LogP contribution in [0.5, 0.6) is 0 Å². The SMILES string of the molecule is CCCCC(CCCC)c1cc[n+]([O-])cc1. The molecule has 0 saturated heterocycles. The molecule has 0 aliphatic carbocycles. The Balaban J connectivity index is 2.62. The van der Waals surface area contributed by atoms with E-state index in [1.165, 1.54) is 44.1 Å². The van der Waals surface area contributed by atoms with Crippen LogP contribution in [0.1, 0.15) is 63.9 Å². The van der Waals surface area contributed by atoms with Gasteiger partial charge in [-0.25, -0.2) is 0 Å². The number of nitrogens with zero attached hydrogens (tertiary/aromatic N) is 1. The predicted molar refractivity (Wildman–Crippen MR) is 67.2 cm³/mol. The quantitative estimate of drug-likeness (QED) is 0.508. The van der Waals surface area contributed by atoms with Crippen molar-refractivity contribution in [3.8, 4) is 0 Å². The van der Waals surface area contributed by atoms with Crippen LogP contribution in [0, 0.1) is 5.21 Å². The van der Waals surface area contributed by atoms with Crippen molar-refractivity contribution in [1.29, 1.82) is 0 Å². The minimum absolute atomic E-state index is 0.640. The van der Waals surface area contributed by atoms with E-state index in [2.05, 4.69) is 13.8 Å². The van der Waals surface area contributed by atoms with Gasteiger partial charge in [-0.3, -0.25) is 0 Å². The first kappa shape index (κ1) is 13.0. The summed E-state index contributed by atoms with van der Waals surface area (Å²) in [4.78, 5) is 0. The third kappa shape index (κ3) is 4.21. The fraction of sp³-hybridized carbons (Fsp3) is 0.643. The molecule has 90 valence electrons. The Bertz CT molecular complexity index is 273. The number of aromatic nitrogens is 1. The van der Waals surface area contributed by atoms with E-state index < -0.39 is 0 Å². The van der Waals surface area contributed by atoms with Crippen LogP contribution in [-0.2, 0) is 0 Å². The summed E-state index contributed by atoms with van der Waals surface area (Å²) in [5, 5.41) is 11.0. The average Bonchev–Trinajstić information content (AvgIpc) is 2.31. The third-order valence-electron chi connectivity index (χ3n) is 3.11. The summed E-state index contributed by atoms with van der Waals surface area (Å²) in [6.45, 7) is 4.46. The van der Waals surface area contributed by atoms with Crippen molar-refractivity contribution in [3.05, 3.63) is 35.3 Å². The standard InChI is InChI=1S/C14H23NO/c1-3-5-7-13(8-6-4-2)14-9-11-15(16)12-10-14/h9-13H,3-8H2,1-2H3. The molecule has 0 spiro atoms. The van der Waals surface area contributed by atoms with E-state index in [0.717, 1.165) is 4.73 Å². The summed E-state index contributed by atoms with van der Waals surface area (Å²) in [5.74, 6) is 0.640. The Labute approximate surface area is 98.9 Å². The normalized spacial score (nSPS) is 10.9. The van der Waals surface area contributed by atoms with Crippen LogP contribution in [0.25, 0.3) is 0 Å². The van der Waals surface area contributed by atoms with Crippen molar-refractivity contribution >= 4 is 0 Å². The molecule has 0 radical (unpaired) electrons. The average molecular weight is 221 g/mol. The number of unbranched alkanes of at least 4 members (excludes halogenated alkanes) is 2. The number of pyridine rings is 1. The van der Waals surface area contributed by atoms with Gasteiger partial charge >= 0.3 is 0 Å². The van der Waals surface area contributed by atoms with E-state index in [4.69, 9.17) is 0 Å². The molecule has 2 heteroatoms. The largest absolute Gasteiger partial charge is 0.619 e. The first-order chi connectivity index (χ1) is 7.77. The zero-order valence-corrected chi connectivity index (χ0v) is 10.5.